The van der Waals surface area contributed by atoms with Crippen molar-refractivity contribution in [2.75, 3.05) is 7.11 Å². The molecule has 132 valence electrons. The van der Waals surface area contributed by atoms with Crippen molar-refractivity contribution < 1.29 is 23.6 Å². The minimum Gasteiger partial charge on any atom is -0.496 e. The summed E-state index contributed by atoms with van der Waals surface area (Å²) in [7, 11) is 1.37. The summed E-state index contributed by atoms with van der Waals surface area (Å²) in [6.45, 7) is 0. The molecule has 1 heterocycles. The third kappa shape index (κ3) is 3.52. The zero-order chi connectivity index (χ0) is 18.7. The molecule has 0 aliphatic heterocycles. The average molecular weight is 374 g/mol. The van der Waals surface area contributed by atoms with E-state index in [9.17, 15) is 19.3 Å². The molecule has 0 saturated heterocycles. The zero-order valence-corrected chi connectivity index (χ0v) is 14.2. The van der Waals surface area contributed by atoms with Crippen LogP contribution in [-0.2, 0) is 0 Å². The fourth-order valence-corrected chi connectivity index (χ4v) is 2.95. The van der Waals surface area contributed by atoms with Gasteiger partial charge in [-0.05, 0) is 24.3 Å². The van der Waals surface area contributed by atoms with Crippen LogP contribution in [-0.4, -0.2) is 23.0 Å². The molecule has 0 saturated carbocycles. The molecule has 7 nitrogen and oxygen atoms in total. The highest BCUT2D eigenvalue weighted by atomic mass is 32.1. The number of hydrogen-bond donors (Lipinski definition) is 0. The predicted molar refractivity (Wildman–Crippen MR) is 92.1 cm³/mol. The number of carbonyl (C=O) groups excluding carboxylic acids is 1. The standard InChI is InChI=1S/C17H11FN2O5S/c1-24-10-6-7-14(13(8-10)20(22)23)25-17(21)15-9-19-16(26-15)11-4-2-3-5-12(11)18/h2-9H,1H3. The molecule has 0 aliphatic rings. The summed E-state index contributed by atoms with van der Waals surface area (Å²) >= 11 is 0.929. The van der Waals surface area contributed by atoms with Crippen molar-refractivity contribution in [2.24, 2.45) is 0 Å². The van der Waals surface area contributed by atoms with Gasteiger partial charge in [0.2, 0.25) is 5.75 Å². The molecule has 0 N–H and O–H groups in total. The Morgan fingerprint density at radius 2 is 2.04 bits per heavy atom. The monoisotopic (exact) mass is 374 g/mol. The number of nitro benzene ring substituents is 1. The Bertz CT molecular complexity index is 989. The number of benzene rings is 2. The fourth-order valence-electron chi connectivity index (χ4n) is 2.13. The minimum atomic E-state index is -0.821. The van der Waals surface area contributed by atoms with Crippen molar-refractivity contribution in [3.05, 3.63) is 69.5 Å². The van der Waals surface area contributed by atoms with Crippen molar-refractivity contribution in [2.45, 2.75) is 0 Å². The summed E-state index contributed by atoms with van der Waals surface area (Å²) in [4.78, 5) is 26.8. The summed E-state index contributed by atoms with van der Waals surface area (Å²) in [6.07, 6.45) is 1.24. The number of hydrogen-bond acceptors (Lipinski definition) is 7. The summed E-state index contributed by atoms with van der Waals surface area (Å²) in [5.74, 6) is -1.25. The van der Waals surface area contributed by atoms with Gasteiger partial charge in [-0.2, -0.15) is 0 Å². The van der Waals surface area contributed by atoms with Crippen molar-refractivity contribution >= 4 is 23.0 Å². The van der Waals surface area contributed by atoms with Crippen LogP contribution >= 0.6 is 11.3 Å². The van der Waals surface area contributed by atoms with Gasteiger partial charge < -0.3 is 9.47 Å². The molecule has 0 amide bonds. The van der Waals surface area contributed by atoms with Gasteiger partial charge in [-0.25, -0.2) is 14.2 Å². The van der Waals surface area contributed by atoms with Crippen molar-refractivity contribution in [3.63, 3.8) is 0 Å². The van der Waals surface area contributed by atoms with Gasteiger partial charge in [-0.3, -0.25) is 10.1 Å². The highest BCUT2D eigenvalue weighted by molar-refractivity contribution is 7.16. The molecule has 0 aliphatic carbocycles. The Morgan fingerprint density at radius 3 is 2.73 bits per heavy atom. The lowest BCUT2D eigenvalue weighted by Crippen LogP contribution is -2.08. The van der Waals surface area contributed by atoms with E-state index in [1.54, 1.807) is 12.1 Å². The van der Waals surface area contributed by atoms with Crippen LogP contribution in [0.4, 0.5) is 10.1 Å². The molecule has 26 heavy (non-hydrogen) atoms. The highest BCUT2D eigenvalue weighted by Gasteiger charge is 2.22. The van der Waals surface area contributed by atoms with E-state index >= 15 is 0 Å². The Hall–Kier alpha value is -3.33. The lowest BCUT2D eigenvalue weighted by Gasteiger charge is -2.05. The van der Waals surface area contributed by atoms with Gasteiger partial charge in [0.1, 0.15) is 21.5 Å². The van der Waals surface area contributed by atoms with Gasteiger partial charge in [0.05, 0.1) is 24.3 Å². The van der Waals surface area contributed by atoms with Gasteiger partial charge in [0.15, 0.2) is 0 Å². The van der Waals surface area contributed by atoms with Crippen LogP contribution in [0, 0.1) is 15.9 Å². The predicted octanol–water partition coefficient (Wildman–Crippen LogP) is 4.09. The van der Waals surface area contributed by atoms with Crippen molar-refractivity contribution in [1.29, 1.82) is 0 Å². The normalized spacial score (nSPS) is 10.4. The molecule has 2 aromatic carbocycles. The van der Waals surface area contributed by atoms with E-state index in [-0.39, 0.29) is 21.9 Å². The third-order valence-corrected chi connectivity index (χ3v) is 4.39. The zero-order valence-electron chi connectivity index (χ0n) is 13.3. The van der Waals surface area contributed by atoms with E-state index in [0.717, 1.165) is 17.4 Å². The molecule has 0 atom stereocenters. The minimum absolute atomic E-state index is 0.0911. The topological polar surface area (TPSA) is 91.6 Å². The number of thiazole rings is 1. The molecule has 0 radical (unpaired) electrons. The molecule has 0 spiro atoms. The molecular weight excluding hydrogens is 363 g/mol. The van der Waals surface area contributed by atoms with Crippen molar-refractivity contribution in [1.82, 2.24) is 4.98 Å². The molecule has 0 fully saturated rings. The van der Waals surface area contributed by atoms with E-state index in [1.165, 1.54) is 37.6 Å². The number of rotatable bonds is 5. The van der Waals surface area contributed by atoms with E-state index in [2.05, 4.69) is 4.98 Å². The van der Waals surface area contributed by atoms with E-state index < -0.39 is 22.4 Å². The number of esters is 1. The van der Waals surface area contributed by atoms with Gasteiger partial charge in [-0.15, -0.1) is 11.3 Å². The largest absolute Gasteiger partial charge is 0.496 e. The number of carbonyl (C=O) groups is 1. The fraction of sp³-hybridized carbons (Fsp3) is 0.0588. The third-order valence-electron chi connectivity index (χ3n) is 3.38. The van der Waals surface area contributed by atoms with Crippen LogP contribution < -0.4 is 9.47 Å². The number of nitro groups is 1. The number of nitrogens with zero attached hydrogens (tertiary/aromatic N) is 2. The summed E-state index contributed by atoms with van der Waals surface area (Å²) < 4.78 is 23.8. The maximum Gasteiger partial charge on any atom is 0.355 e. The maximum absolute atomic E-state index is 13.8. The lowest BCUT2D eigenvalue weighted by molar-refractivity contribution is -0.385. The second kappa shape index (κ2) is 7.28. The number of ether oxygens (including phenoxy) is 2. The smallest absolute Gasteiger partial charge is 0.355 e. The summed E-state index contributed by atoms with van der Waals surface area (Å²) in [6, 6.07) is 9.89. The molecule has 3 rings (SSSR count). The quantitative estimate of drug-likeness (QED) is 0.289. The van der Waals surface area contributed by atoms with E-state index in [1.807, 2.05) is 0 Å². The first kappa shape index (κ1) is 17.5. The molecule has 9 heteroatoms. The van der Waals surface area contributed by atoms with Crippen LogP contribution in [0.5, 0.6) is 11.5 Å². The molecule has 0 bridgehead atoms. The first-order valence-corrected chi connectivity index (χ1v) is 8.06. The molecule has 1 aromatic heterocycles. The first-order chi connectivity index (χ1) is 12.5. The highest BCUT2D eigenvalue weighted by Crippen LogP contribution is 2.33. The first-order valence-electron chi connectivity index (χ1n) is 7.25. The Balaban J connectivity index is 1.86. The Labute approximate surface area is 150 Å². The number of aromatic nitrogens is 1. The van der Waals surface area contributed by atoms with E-state index in [0.29, 0.717) is 5.01 Å². The van der Waals surface area contributed by atoms with Gasteiger partial charge in [0.25, 0.3) is 0 Å². The summed E-state index contributed by atoms with van der Waals surface area (Å²) in [5, 5.41) is 11.4. The molecule has 3 aromatic rings. The molecular formula is C17H11FN2O5S. The van der Waals surface area contributed by atoms with E-state index in [4.69, 9.17) is 9.47 Å². The van der Waals surface area contributed by atoms with Gasteiger partial charge >= 0.3 is 11.7 Å². The van der Waals surface area contributed by atoms with Gasteiger partial charge in [-0.1, -0.05) is 12.1 Å². The maximum atomic E-state index is 13.8. The Morgan fingerprint density at radius 1 is 1.27 bits per heavy atom. The second-order valence-electron chi connectivity index (χ2n) is 4.99. The van der Waals surface area contributed by atoms with Crippen LogP contribution in [0.1, 0.15) is 9.67 Å². The number of halogens is 1. The number of methoxy groups -OCH3 is 1. The van der Waals surface area contributed by atoms with Gasteiger partial charge in [0, 0.05) is 5.56 Å². The summed E-state index contributed by atoms with van der Waals surface area (Å²) in [5.41, 5.74) is -0.150. The SMILES string of the molecule is COc1ccc(OC(=O)c2cnc(-c3ccccc3F)s2)c([N+](=O)[O-])c1. The van der Waals surface area contributed by atoms with Crippen molar-refractivity contribution in [3.8, 4) is 22.1 Å². The van der Waals surface area contributed by atoms with Crippen LogP contribution in [0.3, 0.4) is 0 Å². The average Bonchev–Trinajstić information content (AvgIpc) is 3.12. The second-order valence-corrected chi connectivity index (χ2v) is 6.02. The van der Waals surface area contributed by atoms with Crippen LogP contribution in [0.25, 0.3) is 10.6 Å². The van der Waals surface area contributed by atoms with Crippen LogP contribution in [0.2, 0.25) is 0 Å². The molecule has 0 unspecified atom stereocenters. The Kier molecular flexibility index (Phi) is 4.90. The van der Waals surface area contributed by atoms with Crippen LogP contribution in [0.15, 0.2) is 48.7 Å². The lowest BCUT2D eigenvalue weighted by atomic mass is 10.2.